The Kier molecular flexibility index (Phi) is 6.87. The van der Waals surface area contributed by atoms with Crippen LogP contribution in [0.2, 0.25) is 0 Å². The second-order valence-electron chi connectivity index (χ2n) is 8.13. The first-order chi connectivity index (χ1) is 15.0. The molecule has 174 valence electrons. The molecule has 1 N–H and O–H groups in total. The number of aliphatic carboxylic acids is 1. The van der Waals surface area contributed by atoms with Crippen molar-refractivity contribution in [2.24, 2.45) is 7.05 Å². The van der Waals surface area contributed by atoms with Crippen molar-refractivity contribution in [3.05, 3.63) is 47.5 Å². The molecule has 1 atom stereocenters. The van der Waals surface area contributed by atoms with Crippen LogP contribution in [-0.4, -0.2) is 68.1 Å². The number of pyridine rings is 1. The van der Waals surface area contributed by atoms with Crippen LogP contribution in [0, 0.1) is 6.92 Å². The SMILES string of the molecule is Cc1ccc(C(=O)N2CCC3(CC2)CC(c2cnn(C)c2)CO3)cn1.O=C(O)C(F)(F)F. The first-order valence-corrected chi connectivity index (χ1v) is 10.1. The highest BCUT2D eigenvalue weighted by Gasteiger charge is 2.44. The van der Waals surface area contributed by atoms with Crippen molar-refractivity contribution in [2.75, 3.05) is 19.7 Å². The molecule has 1 unspecified atom stereocenters. The number of piperidine rings is 1. The quantitative estimate of drug-likeness (QED) is 0.750. The highest BCUT2D eigenvalue weighted by molar-refractivity contribution is 5.94. The van der Waals surface area contributed by atoms with Crippen LogP contribution in [0.5, 0.6) is 0 Å². The monoisotopic (exact) mass is 454 g/mol. The number of carbonyl (C=O) groups is 2. The van der Waals surface area contributed by atoms with Crippen molar-refractivity contribution in [2.45, 2.75) is 43.9 Å². The molecular weight excluding hydrogens is 429 g/mol. The van der Waals surface area contributed by atoms with Crippen molar-refractivity contribution >= 4 is 11.9 Å². The van der Waals surface area contributed by atoms with Gasteiger partial charge >= 0.3 is 12.1 Å². The van der Waals surface area contributed by atoms with E-state index in [1.54, 1.807) is 6.20 Å². The average molecular weight is 454 g/mol. The summed E-state index contributed by atoms with van der Waals surface area (Å²) < 4.78 is 39.8. The van der Waals surface area contributed by atoms with Gasteiger partial charge in [0.15, 0.2) is 0 Å². The van der Waals surface area contributed by atoms with Gasteiger partial charge in [0.1, 0.15) is 0 Å². The molecule has 0 aliphatic carbocycles. The number of likely N-dealkylation sites (tertiary alicyclic amines) is 1. The van der Waals surface area contributed by atoms with Crippen molar-refractivity contribution in [1.82, 2.24) is 19.7 Å². The number of aromatic nitrogens is 3. The van der Waals surface area contributed by atoms with E-state index in [1.165, 1.54) is 5.56 Å². The van der Waals surface area contributed by atoms with E-state index in [9.17, 15) is 18.0 Å². The first kappa shape index (κ1) is 23.7. The summed E-state index contributed by atoms with van der Waals surface area (Å²) in [5.41, 5.74) is 2.77. The number of halogens is 3. The molecule has 32 heavy (non-hydrogen) atoms. The third-order valence-electron chi connectivity index (χ3n) is 5.77. The summed E-state index contributed by atoms with van der Waals surface area (Å²) in [7, 11) is 1.94. The first-order valence-electron chi connectivity index (χ1n) is 10.1. The molecule has 1 spiro atoms. The summed E-state index contributed by atoms with van der Waals surface area (Å²) in [6, 6.07) is 3.75. The fourth-order valence-electron chi connectivity index (χ4n) is 3.95. The predicted molar refractivity (Wildman–Crippen MR) is 107 cm³/mol. The van der Waals surface area contributed by atoms with Gasteiger partial charge in [-0.05, 0) is 43.9 Å². The van der Waals surface area contributed by atoms with Crippen molar-refractivity contribution < 1.29 is 32.6 Å². The lowest BCUT2D eigenvalue weighted by Crippen LogP contribution is -2.46. The van der Waals surface area contributed by atoms with Gasteiger partial charge in [-0.25, -0.2) is 4.79 Å². The fraction of sp³-hybridized carbons (Fsp3) is 0.524. The molecule has 0 aromatic carbocycles. The molecular formula is C21H25F3N4O4. The number of amides is 1. The van der Waals surface area contributed by atoms with Gasteiger partial charge in [0.25, 0.3) is 5.91 Å². The maximum absolute atomic E-state index is 12.6. The van der Waals surface area contributed by atoms with Gasteiger partial charge < -0.3 is 14.7 Å². The largest absolute Gasteiger partial charge is 0.490 e. The van der Waals surface area contributed by atoms with Crippen molar-refractivity contribution in [3.8, 4) is 0 Å². The lowest BCUT2D eigenvalue weighted by atomic mass is 9.84. The van der Waals surface area contributed by atoms with Crippen LogP contribution in [-0.2, 0) is 16.6 Å². The zero-order valence-electron chi connectivity index (χ0n) is 17.8. The van der Waals surface area contributed by atoms with Gasteiger partial charge in [-0.3, -0.25) is 14.5 Å². The number of nitrogens with zero attached hydrogens (tertiary/aromatic N) is 4. The number of hydrogen-bond acceptors (Lipinski definition) is 5. The lowest BCUT2D eigenvalue weighted by molar-refractivity contribution is -0.192. The smallest absolute Gasteiger partial charge is 0.475 e. The van der Waals surface area contributed by atoms with Crippen LogP contribution in [0.15, 0.2) is 30.7 Å². The molecule has 4 rings (SSSR count). The van der Waals surface area contributed by atoms with Gasteiger partial charge in [0.05, 0.1) is 24.0 Å². The number of rotatable bonds is 2. The van der Waals surface area contributed by atoms with Crippen molar-refractivity contribution in [1.29, 1.82) is 0 Å². The molecule has 0 bridgehead atoms. The molecule has 8 nitrogen and oxygen atoms in total. The zero-order valence-corrected chi connectivity index (χ0v) is 17.8. The minimum atomic E-state index is -5.08. The number of ether oxygens (including phenoxy) is 1. The number of carbonyl (C=O) groups excluding carboxylic acids is 1. The Morgan fingerprint density at radius 3 is 2.38 bits per heavy atom. The average Bonchev–Trinajstić information content (AvgIpc) is 3.35. The summed E-state index contributed by atoms with van der Waals surface area (Å²) in [6.45, 7) is 4.16. The van der Waals surface area contributed by atoms with Crippen LogP contribution < -0.4 is 0 Å². The summed E-state index contributed by atoms with van der Waals surface area (Å²) in [6.07, 6.45) is 3.43. The minimum Gasteiger partial charge on any atom is -0.475 e. The topological polar surface area (TPSA) is 97.5 Å². The van der Waals surface area contributed by atoms with Gasteiger partial charge in [0.2, 0.25) is 0 Å². The van der Waals surface area contributed by atoms with E-state index in [0.717, 1.165) is 44.7 Å². The Morgan fingerprint density at radius 1 is 1.22 bits per heavy atom. The number of hydrogen-bond donors (Lipinski definition) is 1. The van der Waals surface area contributed by atoms with Crippen LogP contribution in [0.4, 0.5) is 13.2 Å². The van der Waals surface area contributed by atoms with Crippen LogP contribution in [0.25, 0.3) is 0 Å². The Balaban J connectivity index is 0.000000360. The molecule has 2 aliphatic heterocycles. The van der Waals surface area contributed by atoms with E-state index in [4.69, 9.17) is 14.6 Å². The normalized spacial score (nSPS) is 20.0. The Bertz CT molecular complexity index is 951. The molecule has 0 saturated carbocycles. The van der Waals surface area contributed by atoms with E-state index < -0.39 is 12.1 Å². The molecule has 2 aromatic rings. The number of alkyl halides is 3. The Labute approximate surface area is 183 Å². The molecule has 4 heterocycles. The van der Waals surface area contributed by atoms with E-state index in [0.29, 0.717) is 11.5 Å². The van der Waals surface area contributed by atoms with E-state index in [1.807, 2.05) is 41.9 Å². The molecule has 2 aromatic heterocycles. The molecule has 2 aliphatic rings. The summed E-state index contributed by atoms with van der Waals surface area (Å²) in [4.78, 5) is 27.7. The predicted octanol–water partition coefficient (Wildman–Crippen LogP) is 2.94. The van der Waals surface area contributed by atoms with Gasteiger partial charge in [-0.1, -0.05) is 0 Å². The zero-order chi connectivity index (χ0) is 23.5. The van der Waals surface area contributed by atoms with Gasteiger partial charge in [-0.2, -0.15) is 18.3 Å². The number of carboxylic acids is 1. The second-order valence-corrected chi connectivity index (χ2v) is 8.13. The Hall–Kier alpha value is -2.95. The molecule has 2 fully saturated rings. The van der Waals surface area contributed by atoms with Crippen molar-refractivity contribution in [3.63, 3.8) is 0 Å². The highest BCUT2D eigenvalue weighted by atomic mass is 19.4. The van der Waals surface area contributed by atoms with Gasteiger partial charge in [0, 0.05) is 44.1 Å². The maximum atomic E-state index is 12.6. The fourth-order valence-corrected chi connectivity index (χ4v) is 3.95. The number of aryl methyl sites for hydroxylation is 2. The van der Waals surface area contributed by atoms with E-state index in [2.05, 4.69) is 16.3 Å². The minimum absolute atomic E-state index is 0.0733. The second kappa shape index (κ2) is 9.27. The molecule has 1 amide bonds. The van der Waals surface area contributed by atoms with E-state index in [-0.39, 0.29) is 11.5 Å². The van der Waals surface area contributed by atoms with E-state index >= 15 is 0 Å². The third-order valence-corrected chi connectivity index (χ3v) is 5.77. The lowest BCUT2D eigenvalue weighted by Gasteiger charge is -2.38. The van der Waals surface area contributed by atoms with Crippen LogP contribution in [0.3, 0.4) is 0 Å². The molecule has 0 radical (unpaired) electrons. The van der Waals surface area contributed by atoms with Crippen LogP contribution >= 0.6 is 0 Å². The maximum Gasteiger partial charge on any atom is 0.490 e. The summed E-state index contributed by atoms with van der Waals surface area (Å²) >= 11 is 0. The Morgan fingerprint density at radius 2 is 1.88 bits per heavy atom. The third kappa shape index (κ3) is 5.64. The summed E-state index contributed by atoms with van der Waals surface area (Å²) in [5.74, 6) is -2.27. The number of carboxylic acid groups (broad SMARTS) is 1. The van der Waals surface area contributed by atoms with Gasteiger partial charge in [-0.15, -0.1) is 0 Å². The highest BCUT2D eigenvalue weighted by Crippen LogP contribution is 2.42. The van der Waals surface area contributed by atoms with Crippen LogP contribution in [0.1, 0.15) is 46.8 Å². The summed E-state index contributed by atoms with van der Waals surface area (Å²) in [5, 5.41) is 11.4. The standard InChI is InChI=1S/C19H24N4O2.C2HF3O2/c1-14-3-4-15(10-20-14)18(24)23-7-5-19(6-8-23)9-16(13-25-19)17-11-21-22(2)12-17;3-2(4,5)1(6)7/h3-4,10-12,16H,5-9,13H2,1-2H3;(H,6,7). The molecule has 11 heteroatoms. The molecule has 2 saturated heterocycles.